The van der Waals surface area contributed by atoms with E-state index < -0.39 is 22.9 Å². The van der Waals surface area contributed by atoms with Crippen LogP contribution in [0.25, 0.3) is 0 Å². The van der Waals surface area contributed by atoms with Gasteiger partial charge in [-0.1, -0.05) is 0 Å². The van der Waals surface area contributed by atoms with Crippen LogP contribution >= 0.6 is 22.6 Å². The summed E-state index contributed by atoms with van der Waals surface area (Å²) in [5, 5.41) is 10.4. The fraction of sp³-hybridized carbons (Fsp3) is 0.167. The molecule has 0 amide bonds. The smallest absolute Gasteiger partial charge is 0.381 e. The van der Waals surface area contributed by atoms with E-state index in [9.17, 15) is 23.3 Å². The number of nitro groups is 1. The zero-order valence-electron chi connectivity index (χ0n) is 6.79. The van der Waals surface area contributed by atoms with Crippen molar-refractivity contribution in [2.75, 3.05) is 0 Å². The van der Waals surface area contributed by atoms with Crippen LogP contribution in [0.1, 0.15) is 0 Å². The zero-order chi connectivity index (χ0) is 11.6. The van der Waals surface area contributed by atoms with Gasteiger partial charge in [-0.2, -0.15) is 0 Å². The zero-order valence-corrected chi connectivity index (χ0v) is 8.94. The molecule has 9 heteroatoms. The first-order valence-electron chi connectivity index (χ1n) is 3.35. The molecule has 0 N–H and O–H groups in total. The van der Waals surface area contributed by atoms with Crippen LogP contribution in [0.15, 0.2) is 12.3 Å². The van der Waals surface area contributed by atoms with Crippen LogP contribution in [-0.4, -0.2) is 16.3 Å². The summed E-state index contributed by atoms with van der Waals surface area (Å²) in [7, 11) is 0. The summed E-state index contributed by atoms with van der Waals surface area (Å²) < 4.78 is 39.1. The first-order valence-corrected chi connectivity index (χ1v) is 4.43. The molecule has 0 atom stereocenters. The van der Waals surface area contributed by atoms with E-state index in [0.29, 0.717) is 3.57 Å². The van der Waals surface area contributed by atoms with E-state index in [-0.39, 0.29) is 0 Å². The number of ether oxygens (including phenoxy) is 1. The highest BCUT2D eigenvalue weighted by molar-refractivity contribution is 14.1. The first kappa shape index (κ1) is 11.9. The van der Waals surface area contributed by atoms with Gasteiger partial charge in [0.15, 0.2) is 0 Å². The highest BCUT2D eigenvalue weighted by Gasteiger charge is 2.35. The lowest BCUT2D eigenvalue weighted by molar-refractivity contribution is -0.389. The molecule has 0 aliphatic heterocycles. The fourth-order valence-electron chi connectivity index (χ4n) is 0.735. The van der Waals surface area contributed by atoms with Gasteiger partial charge < -0.3 is 4.74 Å². The average molecular weight is 334 g/mol. The van der Waals surface area contributed by atoms with Crippen molar-refractivity contribution in [3.05, 3.63) is 25.9 Å². The van der Waals surface area contributed by atoms with Crippen molar-refractivity contribution in [2.45, 2.75) is 6.36 Å². The highest BCUT2D eigenvalue weighted by Crippen LogP contribution is 2.30. The van der Waals surface area contributed by atoms with Crippen molar-refractivity contribution in [2.24, 2.45) is 0 Å². The number of halogens is 4. The summed E-state index contributed by atoms with van der Waals surface area (Å²) in [6.45, 7) is 0. The van der Waals surface area contributed by atoms with Crippen LogP contribution in [-0.2, 0) is 0 Å². The van der Waals surface area contributed by atoms with Crippen LogP contribution in [0.5, 0.6) is 5.88 Å². The van der Waals surface area contributed by atoms with Crippen LogP contribution in [0.2, 0.25) is 0 Å². The average Bonchev–Trinajstić information content (AvgIpc) is 2.05. The normalized spacial score (nSPS) is 11.2. The molecule has 0 bridgehead atoms. The molecule has 0 aliphatic carbocycles. The minimum absolute atomic E-state index is 0.342. The van der Waals surface area contributed by atoms with Gasteiger partial charge in [-0.05, 0) is 22.6 Å². The molecule has 5 nitrogen and oxygen atoms in total. The summed E-state index contributed by atoms with van der Waals surface area (Å²) in [6, 6.07) is 0.939. The Morgan fingerprint density at radius 3 is 2.60 bits per heavy atom. The number of nitrogens with zero attached hydrogens (tertiary/aromatic N) is 2. The Balaban J connectivity index is 3.12. The minimum Gasteiger partial charge on any atom is -0.381 e. The summed E-state index contributed by atoms with van der Waals surface area (Å²) >= 11 is 1.69. The number of alkyl halides is 3. The lowest BCUT2D eigenvalue weighted by atomic mass is 10.4. The largest absolute Gasteiger partial charge is 0.574 e. The first-order chi connectivity index (χ1) is 6.79. The molecule has 1 rings (SSSR count). The van der Waals surface area contributed by atoms with E-state index in [1.807, 2.05) is 0 Å². The van der Waals surface area contributed by atoms with E-state index in [4.69, 9.17) is 0 Å². The number of aromatic nitrogens is 1. The maximum atomic E-state index is 11.8. The van der Waals surface area contributed by atoms with Gasteiger partial charge in [0.25, 0.3) is 0 Å². The Labute approximate surface area is 94.5 Å². The van der Waals surface area contributed by atoms with Gasteiger partial charge >= 0.3 is 17.9 Å². The number of hydrogen-bond acceptors (Lipinski definition) is 4. The van der Waals surface area contributed by atoms with Crippen molar-refractivity contribution < 1.29 is 22.8 Å². The van der Waals surface area contributed by atoms with Crippen molar-refractivity contribution >= 4 is 28.3 Å². The molecule has 0 spiro atoms. The molecule has 0 fully saturated rings. The van der Waals surface area contributed by atoms with Gasteiger partial charge in [0.05, 0.1) is 4.92 Å². The van der Waals surface area contributed by atoms with E-state index in [1.54, 1.807) is 22.6 Å². The van der Waals surface area contributed by atoms with Gasteiger partial charge in [0.1, 0.15) is 0 Å². The lowest BCUT2D eigenvalue weighted by Crippen LogP contribution is -2.18. The summed E-state index contributed by atoms with van der Waals surface area (Å²) in [4.78, 5) is 12.6. The van der Waals surface area contributed by atoms with Crippen molar-refractivity contribution in [3.8, 4) is 5.88 Å². The van der Waals surface area contributed by atoms with Gasteiger partial charge in [-0.3, -0.25) is 10.1 Å². The van der Waals surface area contributed by atoms with Crippen molar-refractivity contribution in [1.29, 1.82) is 0 Å². The second-order valence-corrected chi connectivity index (χ2v) is 3.53. The van der Waals surface area contributed by atoms with Crippen LogP contribution in [0.4, 0.5) is 18.9 Å². The third-order valence-corrected chi connectivity index (χ3v) is 1.80. The SMILES string of the molecule is O=[N+]([O-])c1cc(I)cnc1OC(F)(F)F. The second kappa shape index (κ2) is 4.16. The molecule has 0 saturated carbocycles. The molecular formula is C6H2F3IN2O3. The van der Waals surface area contributed by atoms with Crippen molar-refractivity contribution in [1.82, 2.24) is 4.98 Å². The number of pyridine rings is 1. The lowest BCUT2D eigenvalue weighted by Gasteiger charge is -2.07. The molecule has 0 radical (unpaired) electrons. The van der Waals surface area contributed by atoms with Crippen LogP contribution in [0.3, 0.4) is 0 Å². The minimum atomic E-state index is -5.00. The second-order valence-electron chi connectivity index (χ2n) is 2.28. The maximum absolute atomic E-state index is 11.8. The standard InChI is InChI=1S/C6H2F3IN2O3/c7-6(8,9)15-5-4(12(13)14)1-3(10)2-11-5/h1-2H. The third kappa shape index (κ3) is 3.49. The number of rotatable bonds is 2. The molecule has 0 unspecified atom stereocenters. The Bertz CT molecular complexity index is 396. The third-order valence-electron chi connectivity index (χ3n) is 1.21. The van der Waals surface area contributed by atoms with E-state index in [2.05, 4.69) is 9.72 Å². The number of hydrogen-bond donors (Lipinski definition) is 0. The topological polar surface area (TPSA) is 65.3 Å². The molecule has 82 valence electrons. The monoisotopic (exact) mass is 334 g/mol. The molecule has 0 aromatic carbocycles. The van der Waals surface area contributed by atoms with Gasteiger partial charge in [0, 0.05) is 15.8 Å². The Morgan fingerprint density at radius 2 is 2.13 bits per heavy atom. The van der Waals surface area contributed by atoms with E-state index >= 15 is 0 Å². The quantitative estimate of drug-likeness (QED) is 0.474. The molecule has 0 aliphatic rings. The Hall–Kier alpha value is -1.13. The van der Waals surface area contributed by atoms with Crippen LogP contribution in [0, 0.1) is 13.7 Å². The molecule has 15 heavy (non-hydrogen) atoms. The van der Waals surface area contributed by atoms with E-state index in [1.165, 1.54) is 0 Å². The Morgan fingerprint density at radius 1 is 1.53 bits per heavy atom. The molecular weight excluding hydrogens is 332 g/mol. The Kier molecular flexibility index (Phi) is 3.31. The maximum Gasteiger partial charge on any atom is 0.574 e. The van der Waals surface area contributed by atoms with Crippen LogP contribution < -0.4 is 4.74 Å². The summed E-state index contributed by atoms with van der Waals surface area (Å²) in [6.07, 6.45) is -3.96. The molecule has 1 heterocycles. The van der Waals surface area contributed by atoms with Gasteiger partial charge in [0.2, 0.25) is 0 Å². The van der Waals surface area contributed by atoms with Gasteiger partial charge in [-0.25, -0.2) is 4.98 Å². The molecule has 1 aromatic heterocycles. The molecule has 0 saturated heterocycles. The predicted octanol–water partition coefficient (Wildman–Crippen LogP) is 2.49. The van der Waals surface area contributed by atoms with Gasteiger partial charge in [-0.15, -0.1) is 13.2 Å². The summed E-state index contributed by atoms with van der Waals surface area (Å²) in [5.74, 6) is -1.06. The van der Waals surface area contributed by atoms with Crippen molar-refractivity contribution in [3.63, 3.8) is 0 Å². The van der Waals surface area contributed by atoms with E-state index in [0.717, 1.165) is 12.3 Å². The summed E-state index contributed by atoms with van der Waals surface area (Å²) in [5.41, 5.74) is -0.820. The fourth-order valence-corrected chi connectivity index (χ4v) is 1.17. The highest BCUT2D eigenvalue weighted by atomic mass is 127. The molecule has 1 aromatic rings. The predicted molar refractivity (Wildman–Crippen MR) is 50.3 cm³/mol.